The van der Waals surface area contributed by atoms with Crippen molar-refractivity contribution in [2.24, 2.45) is 7.05 Å². The molecule has 3 aromatic rings. The molecular weight excluding hydrogens is 347 g/mol. The topological polar surface area (TPSA) is 35.6 Å². The third-order valence-corrected chi connectivity index (χ3v) is 3.87. The largest absolute Gasteiger partial charge is 0.277 e. The molecule has 0 saturated carbocycles. The van der Waals surface area contributed by atoms with E-state index in [1.54, 1.807) is 28.4 Å². The lowest BCUT2D eigenvalue weighted by atomic mass is 10.3. The molecular formula is C13H11BrClFN4. The zero-order chi connectivity index (χ0) is 14.4. The summed E-state index contributed by atoms with van der Waals surface area (Å²) >= 11 is 9.32. The normalized spacial score (nSPS) is 11.4. The molecule has 0 aliphatic rings. The lowest BCUT2D eigenvalue weighted by Gasteiger charge is -2.09. The molecule has 0 amide bonds. The van der Waals surface area contributed by atoms with E-state index in [-0.39, 0.29) is 11.7 Å². The predicted molar refractivity (Wildman–Crippen MR) is 79.8 cm³/mol. The first-order chi connectivity index (χ1) is 9.52. The number of aryl methyl sites for hydroxylation is 2. The number of hydrogen-bond donors (Lipinski definition) is 0. The van der Waals surface area contributed by atoms with E-state index >= 15 is 0 Å². The fourth-order valence-electron chi connectivity index (χ4n) is 2.32. The van der Waals surface area contributed by atoms with Crippen LogP contribution in [0.1, 0.15) is 11.5 Å². The molecule has 3 rings (SSSR count). The van der Waals surface area contributed by atoms with E-state index in [9.17, 15) is 4.39 Å². The first kappa shape index (κ1) is 13.6. The predicted octanol–water partition coefficient (Wildman–Crippen LogP) is 3.71. The summed E-state index contributed by atoms with van der Waals surface area (Å²) in [4.78, 5) is 4.46. The third kappa shape index (κ3) is 1.94. The van der Waals surface area contributed by atoms with Crippen LogP contribution in [-0.2, 0) is 12.9 Å². The molecule has 0 spiro atoms. The summed E-state index contributed by atoms with van der Waals surface area (Å²) in [6.45, 7) is 1.87. The van der Waals surface area contributed by atoms with E-state index in [1.165, 1.54) is 6.07 Å². The van der Waals surface area contributed by atoms with Crippen LogP contribution in [0.3, 0.4) is 0 Å². The number of aromatic nitrogens is 4. The van der Waals surface area contributed by atoms with Crippen molar-refractivity contribution < 1.29 is 4.39 Å². The van der Waals surface area contributed by atoms with Crippen molar-refractivity contribution in [3.05, 3.63) is 40.0 Å². The van der Waals surface area contributed by atoms with Gasteiger partial charge in [-0.15, -0.1) is 11.6 Å². The Morgan fingerprint density at radius 1 is 1.40 bits per heavy atom. The zero-order valence-corrected chi connectivity index (χ0v) is 13.2. The molecule has 2 heterocycles. The Hall–Kier alpha value is -1.40. The first-order valence-corrected chi connectivity index (χ1v) is 7.28. The maximum absolute atomic E-state index is 14.2. The summed E-state index contributed by atoms with van der Waals surface area (Å²) in [5.41, 5.74) is 2.67. The Bertz CT molecular complexity index is 808. The van der Waals surface area contributed by atoms with Gasteiger partial charge in [0.05, 0.1) is 17.3 Å². The lowest BCUT2D eigenvalue weighted by molar-refractivity contribution is 0.615. The number of nitrogens with zero attached hydrogens (tertiary/aromatic N) is 4. The number of alkyl halides is 1. The maximum Gasteiger partial charge on any atom is 0.163 e. The summed E-state index contributed by atoms with van der Waals surface area (Å²) in [6, 6.07) is 4.77. The van der Waals surface area contributed by atoms with Crippen molar-refractivity contribution >= 4 is 38.7 Å². The van der Waals surface area contributed by atoms with Gasteiger partial charge in [0.2, 0.25) is 0 Å². The van der Waals surface area contributed by atoms with Crippen LogP contribution in [0, 0.1) is 12.7 Å². The van der Waals surface area contributed by atoms with Gasteiger partial charge in [-0.25, -0.2) is 14.1 Å². The van der Waals surface area contributed by atoms with E-state index in [2.05, 4.69) is 26.0 Å². The van der Waals surface area contributed by atoms with Crippen molar-refractivity contribution in [1.82, 2.24) is 19.3 Å². The summed E-state index contributed by atoms with van der Waals surface area (Å²) in [7, 11) is 1.81. The summed E-state index contributed by atoms with van der Waals surface area (Å²) < 4.78 is 18.4. The highest BCUT2D eigenvalue weighted by molar-refractivity contribution is 9.10. The molecule has 4 nitrogen and oxygen atoms in total. The van der Waals surface area contributed by atoms with Crippen LogP contribution in [0.25, 0.3) is 16.9 Å². The van der Waals surface area contributed by atoms with Gasteiger partial charge in [-0.1, -0.05) is 15.9 Å². The molecule has 0 saturated heterocycles. The van der Waals surface area contributed by atoms with Gasteiger partial charge in [0.25, 0.3) is 0 Å². The summed E-state index contributed by atoms with van der Waals surface area (Å²) in [5.74, 6) is 0.451. The molecule has 0 unspecified atom stereocenters. The fraction of sp³-hybridized carbons (Fsp3) is 0.231. The number of fused-ring (bicyclic) bond motifs is 1. The Morgan fingerprint density at radius 3 is 2.85 bits per heavy atom. The van der Waals surface area contributed by atoms with E-state index in [0.29, 0.717) is 11.5 Å². The molecule has 0 bridgehead atoms. The molecule has 0 aliphatic carbocycles. The second-order valence-electron chi connectivity index (χ2n) is 4.47. The second kappa shape index (κ2) is 4.86. The Labute approximate surface area is 128 Å². The van der Waals surface area contributed by atoms with Crippen molar-refractivity contribution in [3.63, 3.8) is 0 Å². The van der Waals surface area contributed by atoms with Gasteiger partial charge < -0.3 is 0 Å². The fourth-order valence-corrected chi connectivity index (χ4v) is 2.85. The molecule has 0 radical (unpaired) electrons. The molecule has 2 aromatic heterocycles. The quantitative estimate of drug-likeness (QED) is 0.656. The second-order valence-corrected chi connectivity index (χ2v) is 5.66. The van der Waals surface area contributed by atoms with Crippen LogP contribution < -0.4 is 0 Å². The molecule has 1 aromatic carbocycles. The molecule has 0 atom stereocenters. The zero-order valence-electron chi connectivity index (χ0n) is 10.9. The van der Waals surface area contributed by atoms with Gasteiger partial charge in [-0.05, 0) is 25.1 Å². The molecule has 0 fully saturated rings. The standard InChI is InChI=1S/C13H11BrClFN4/c1-7-12-13(19(2)18-7)20(11(6-15)17-12)10-5-8(14)3-4-9(10)16/h3-5H,6H2,1-2H3. The SMILES string of the molecule is Cc1nn(C)c2c1nc(CCl)n2-c1cc(Br)ccc1F. The van der Waals surface area contributed by atoms with Crippen molar-refractivity contribution in [1.29, 1.82) is 0 Å². The van der Waals surface area contributed by atoms with Crippen LogP contribution in [0.5, 0.6) is 0 Å². The van der Waals surface area contributed by atoms with Gasteiger partial charge in [0.15, 0.2) is 5.65 Å². The Balaban J connectivity index is 2.42. The third-order valence-electron chi connectivity index (χ3n) is 3.14. The first-order valence-electron chi connectivity index (χ1n) is 5.95. The van der Waals surface area contributed by atoms with Crippen LogP contribution in [0.2, 0.25) is 0 Å². The number of benzene rings is 1. The van der Waals surface area contributed by atoms with Crippen LogP contribution >= 0.6 is 27.5 Å². The molecule has 20 heavy (non-hydrogen) atoms. The monoisotopic (exact) mass is 356 g/mol. The molecule has 0 aliphatic heterocycles. The van der Waals surface area contributed by atoms with Crippen LogP contribution in [0.15, 0.2) is 22.7 Å². The smallest absolute Gasteiger partial charge is 0.163 e. The number of halogens is 3. The highest BCUT2D eigenvalue weighted by Gasteiger charge is 2.20. The van der Waals surface area contributed by atoms with Crippen LogP contribution in [0.4, 0.5) is 4.39 Å². The number of rotatable bonds is 2. The minimum Gasteiger partial charge on any atom is -0.277 e. The van der Waals surface area contributed by atoms with Crippen molar-refractivity contribution in [3.8, 4) is 5.69 Å². The van der Waals surface area contributed by atoms with Gasteiger partial charge in [-0.2, -0.15) is 5.10 Å². The summed E-state index contributed by atoms with van der Waals surface area (Å²) in [5, 5.41) is 4.32. The highest BCUT2D eigenvalue weighted by Crippen LogP contribution is 2.27. The van der Waals surface area contributed by atoms with Crippen molar-refractivity contribution in [2.45, 2.75) is 12.8 Å². The Morgan fingerprint density at radius 2 is 2.15 bits per heavy atom. The lowest BCUT2D eigenvalue weighted by Crippen LogP contribution is -2.06. The van der Waals surface area contributed by atoms with Gasteiger partial charge in [0.1, 0.15) is 17.2 Å². The molecule has 104 valence electrons. The van der Waals surface area contributed by atoms with Crippen LogP contribution in [-0.4, -0.2) is 19.3 Å². The number of imidazole rings is 1. The molecule has 7 heteroatoms. The number of hydrogen-bond acceptors (Lipinski definition) is 2. The minimum absolute atomic E-state index is 0.195. The maximum atomic E-state index is 14.2. The Kier molecular flexibility index (Phi) is 3.30. The average molecular weight is 358 g/mol. The summed E-state index contributed by atoms with van der Waals surface area (Å²) in [6.07, 6.45) is 0. The van der Waals surface area contributed by atoms with Gasteiger partial charge in [-0.3, -0.25) is 4.57 Å². The highest BCUT2D eigenvalue weighted by atomic mass is 79.9. The van der Waals surface area contributed by atoms with Gasteiger partial charge in [0, 0.05) is 11.5 Å². The van der Waals surface area contributed by atoms with Gasteiger partial charge >= 0.3 is 0 Å². The minimum atomic E-state index is -0.335. The van der Waals surface area contributed by atoms with E-state index in [0.717, 1.165) is 21.3 Å². The average Bonchev–Trinajstić information content (AvgIpc) is 2.92. The van der Waals surface area contributed by atoms with E-state index in [4.69, 9.17) is 11.6 Å². The van der Waals surface area contributed by atoms with E-state index in [1.807, 2.05) is 6.92 Å². The van der Waals surface area contributed by atoms with Crippen molar-refractivity contribution in [2.75, 3.05) is 0 Å². The molecule has 0 N–H and O–H groups in total. The van der Waals surface area contributed by atoms with E-state index < -0.39 is 0 Å².